The predicted molar refractivity (Wildman–Crippen MR) is 41.2 cm³/mol. The summed E-state index contributed by atoms with van der Waals surface area (Å²) in [6.45, 7) is 0. The number of rotatable bonds is 1. The lowest BCUT2D eigenvalue weighted by Gasteiger charge is -1.98. The van der Waals surface area contributed by atoms with E-state index in [0.717, 1.165) is 6.07 Å². The molecule has 0 spiro atoms. The largest absolute Gasteiger partial charge is 0.476 e. The molecule has 0 amide bonds. The number of carboxylic acids is 1. The quantitative estimate of drug-likeness (QED) is 0.723. The molecule has 0 aliphatic heterocycles. The molecule has 1 rings (SSSR count). The summed E-state index contributed by atoms with van der Waals surface area (Å²) < 4.78 is 12.8. The molecule has 0 radical (unpaired) electrons. The zero-order valence-corrected chi connectivity index (χ0v) is 7.03. The minimum absolute atomic E-state index is 0.154. The maximum Gasteiger partial charge on any atom is 0.357 e. The molecule has 12 heavy (non-hydrogen) atoms. The molecule has 0 saturated carbocycles. The zero-order chi connectivity index (χ0) is 9.30. The number of pyridine rings is 1. The molecule has 0 aliphatic carbocycles. The van der Waals surface area contributed by atoms with Crippen LogP contribution in [0.2, 0.25) is 10.2 Å². The lowest BCUT2D eigenvalue weighted by Crippen LogP contribution is -2.04. The molecule has 1 N–H and O–H groups in total. The van der Waals surface area contributed by atoms with Crippen LogP contribution >= 0.6 is 23.2 Å². The highest BCUT2D eigenvalue weighted by Crippen LogP contribution is 2.20. The van der Waals surface area contributed by atoms with Crippen LogP contribution in [0, 0.1) is 5.82 Å². The van der Waals surface area contributed by atoms with Crippen molar-refractivity contribution in [3.63, 3.8) is 0 Å². The highest BCUT2D eigenvalue weighted by molar-refractivity contribution is 6.34. The van der Waals surface area contributed by atoms with Crippen LogP contribution in [0.15, 0.2) is 6.07 Å². The third-order valence-corrected chi connectivity index (χ3v) is 1.55. The fraction of sp³-hybridized carbons (Fsp3) is 0. The lowest BCUT2D eigenvalue weighted by atomic mass is 10.3. The molecular weight excluding hydrogens is 208 g/mol. The summed E-state index contributed by atoms with van der Waals surface area (Å²) >= 11 is 10.6. The third-order valence-electron chi connectivity index (χ3n) is 1.08. The zero-order valence-electron chi connectivity index (χ0n) is 5.51. The van der Waals surface area contributed by atoms with E-state index >= 15 is 0 Å². The molecule has 0 aliphatic rings. The van der Waals surface area contributed by atoms with Crippen molar-refractivity contribution in [3.8, 4) is 0 Å². The summed E-state index contributed by atoms with van der Waals surface area (Å²) in [6.07, 6.45) is 0. The van der Waals surface area contributed by atoms with Gasteiger partial charge in [0.1, 0.15) is 5.15 Å². The molecule has 6 heteroatoms. The first-order valence-corrected chi connectivity index (χ1v) is 3.53. The van der Waals surface area contributed by atoms with Crippen molar-refractivity contribution in [1.29, 1.82) is 0 Å². The Balaban J connectivity index is 3.37. The van der Waals surface area contributed by atoms with Crippen LogP contribution in [0.4, 0.5) is 4.39 Å². The van der Waals surface area contributed by atoms with Gasteiger partial charge in [0.15, 0.2) is 11.5 Å². The summed E-state index contributed by atoms with van der Waals surface area (Å²) in [7, 11) is 0. The van der Waals surface area contributed by atoms with Crippen molar-refractivity contribution in [1.82, 2.24) is 4.98 Å². The Kier molecular flexibility index (Phi) is 2.49. The van der Waals surface area contributed by atoms with E-state index < -0.39 is 17.5 Å². The fourth-order valence-corrected chi connectivity index (χ4v) is 1.05. The van der Waals surface area contributed by atoms with E-state index in [1.165, 1.54) is 0 Å². The Morgan fingerprint density at radius 1 is 1.58 bits per heavy atom. The van der Waals surface area contributed by atoms with Crippen LogP contribution in [0.3, 0.4) is 0 Å². The van der Waals surface area contributed by atoms with Crippen LogP contribution in [0.1, 0.15) is 10.5 Å². The topological polar surface area (TPSA) is 50.2 Å². The minimum Gasteiger partial charge on any atom is -0.476 e. The lowest BCUT2D eigenvalue weighted by molar-refractivity contribution is 0.0685. The van der Waals surface area contributed by atoms with Crippen molar-refractivity contribution < 1.29 is 14.3 Å². The Hall–Kier alpha value is -0.870. The molecule has 1 aromatic rings. The van der Waals surface area contributed by atoms with Crippen molar-refractivity contribution >= 4 is 29.2 Å². The van der Waals surface area contributed by atoms with E-state index in [-0.39, 0.29) is 10.2 Å². The monoisotopic (exact) mass is 209 g/mol. The van der Waals surface area contributed by atoms with Gasteiger partial charge in [-0.1, -0.05) is 23.2 Å². The van der Waals surface area contributed by atoms with Gasteiger partial charge in [-0.2, -0.15) is 0 Å². The fourth-order valence-electron chi connectivity index (χ4n) is 0.611. The Bertz CT molecular complexity index is 343. The molecule has 0 unspecified atom stereocenters. The third kappa shape index (κ3) is 1.65. The van der Waals surface area contributed by atoms with Crippen LogP contribution in [0.25, 0.3) is 0 Å². The second kappa shape index (κ2) is 3.25. The SMILES string of the molecule is O=C(O)c1nc(Cl)cc(Cl)c1F. The molecular formula is C6H2Cl2FNO2. The van der Waals surface area contributed by atoms with Gasteiger partial charge in [0.05, 0.1) is 5.02 Å². The number of carboxylic acid groups (broad SMARTS) is 1. The minimum atomic E-state index is -1.50. The number of nitrogens with zero attached hydrogens (tertiary/aromatic N) is 1. The first-order valence-electron chi connectivity index (χ1n) is 2.77. The number of halogens is 3. The van der Waals surface area contributed by atoms with E-state index in [2.05, 4.69) is 4.98 Å². The molecule has 1 heterocycles. The van der Waals surface area contributed by atoms with E-state index in [0.29, 0.717) is 0 Å². The molecule has 3 nitrogen and oxygen atoms in total. The van der Waals surface area contributed by atoms with Crippen LogP contribution in [0.5, 0.6) is 0 Å². The van der Waals surface area contributed by atoms with E-state index in [9.17, 15) is 9.18 Å². The smallest absolute Gasteiger partial charge is 0.357 e. The summed E-state index contributed by atoms with van der Waals surface area (Å²) in [5.74, 6) is -2.58. The van der Waals surface area contributed by atoms with Gasteiger partial charge in [0.25, 0.3) is 0 Å². The van der Waals surface area contributed by atoms with Gasteiger partial charge >= 0.3 is 5.97 Å². The maximum atomic E-state index is 12.8. The summed E-state index contributed by atoms with van der Waals surface area (Å²) in [5.41, 5.74) is -0.771. The highest BCUT2D eigenvalue weighted by Gasteiger charge is 2.16. The van der Waals surface area contributed by atoms with Crippen LogP contribution in [-0.2, 0) is 0 Å². The van der Waals surface area contributed by atoms with Gasteiger partial charge in [0, 0.05) is 0 Å². The van der Waals surface area contributed by atoms with Gasteiger partial charge in [-0.25, -0.2) is 14.2 Å². The van der Waals surface area contributed by atoms with Gasteiger partial charge in [-0.3, -0.25) is 0 Å². The standard InChI is InChI=1S/C6H2Cl2FNO2/c7-2-1-3(8)10-5(4(2)9)6(11)12/h1H,(H,11,12). The maximum absolute atomic E-state index is 12.8. The van der Waals surface area contributed by atoms with E-state index in [1.807, 2.05) is 0 Å². The van der Waals surface area contributed by atoms with Gasteiger partial charge in [-0.15, -0.1) is 0 Å². The molecule has 0 fully saturated rings. The van der Waals surface area contributed by atoms with Crippen LogP contribution in [-0.4, -0.2) is 16.1 Å². The average Bonchev–Trinajstić information content (AvgIpc) is 1.96. The molecule has 0 aromatic carbocycles. The number of hydrogen-bond donors (Lipinski definition) is 1. The van der Waals surface area contributed by atoms with Gasteiger partial charge < -0.3 is 5.11 Å². The number of hydrogen-bond acceptors (Lipinski definition) is 2. The molecule has 0 saturated heterocycles. The van der Waals surface area contributed by atoms with Crippen molar-refractivity contribution in [3.05, 3.63) is 27.8 Å². The molecule has 1 aromatic heterocycles. The summed E-state index contributed by atoms with van der Waals surface area (Å²) in [5, 5.41) is 7.89. The van der Waals surface area contributed by atoms with Crippen molar-refractivity contribution in [2.45, 2.75) is 0 Å². The second-order valence-electron chi connectivity index (χ2n) is 1.89. The van der Waals surface area contributed by atoms with Crippen molar-refractivity contribution in [2.24, 2.45) is 0 Å². The van der Waals surface area contributed by atoms with Crippen molar-refractivity contribution in [2.75, 3.05) is 0 Å². The van der Waals surface area contributed by atoms with Gasteiger partial charge in [0.2, 0.25) is 0 Å². The average molecular weight is 210 g/mol. The molecule has 0 bridgehead atoms. The predicted octanol–water partition coefficient (Wildman–Crippen LogP) is 2.23. The van der Waals surface area contributed by atoms with Gasteiger partial charge in [-0.05, 0) is 6.07 Å². The number of aromatic nitrogens is 1. The second-order valence-corrected chi connectivity index (χ2v) is 2.69. The van der Waals surface area contributed by atoms with E-state index in [1.54, 1.807) is 0 Å². The summed E-state index contributed by atoms with van der Waals surface area (Å²) in [6, 6.07) is 1.03. The highest BCUT2D eigenvalue weighted by atomic mass is 35.5. The van der Waals surface area contributed by atoms with E-state index in [4.69, 9.17) is 28.3 Å². The number of aromatic carboxylic acids is 1. The Morgan fingerprint density at radius 2 is 2.17 bits per heavy atom. The first-order chi connectivity index (χ1) is 5.52. The Labute approximate surface area is 76.7 Å². The summed E-state index contributed by atoms with van der Waals surface area (Å²) in [4.78, 5) is 13.5. The molecule has 64 valence electrons. The van der Waals surface area contributed by atoms with Crippen LogP contribution < -0.4 is 0 Å². The molecule has 0 atom stereocenters. The Morgan fingerprint density at radius 3 is 2.67 bits per heavy atom. The normalized spacial score (nSPS) is 9.92. The number of carbonyl (C=O) groups is 1. The first kappa shape index (κ1) is 9.22.